The van der Waals surface area contributed by atoms with Gasteiger partial charge in [0, 0.05) is 25.7 Å². The van der Waals surface area contributed by atoms with Crippen molar-refractivity contribution in [3.63, 3.8) is 0 Å². The number of hydrogen-bond acceptors (Lipinski definition) is 15. The summed E-state index contributed by atoms with van der Waals surface area (Å²) < 4.78 is 67.8. The van der Waals surface area contributed by atoms with E-state index < -0.39 is 97.5 Å². The number of carbonyl (C=O) groups excluding carboxylic acids is 4. The van der Waals surface area contributed by atoms with E-state index in [-0.39, 0.29) is 25.7 Å². The largest absolute Gasteiger partial charge is 0.472 e. The van der Waals surface area contributed by atoms with Crippen molar-refractivity contribution in [2.24, 2.45) is 11.8 Å². The molecule has 0 saturated carbocycles. The van der Waals surface area contributed by atoms with Crippen LogP contribution in [0.25, 0.3) is 0 Å². The molecule has 0 radical (unpaired) electrons. The van der Waals surface area contributed by atoms with Crippen molar-refractivity contribution in [3.05, 3.63) is 0 Å². The van der Waals surface area contributed by atoms with Gasteiger partial charge in [-0.25, -0.2) is 9.13 Å². The second-order valence-corrected chi connectivity index (χ2v) is 27.5. The molecule has 0 aliphatic carbocycles. The molecule has 0 rings (SSSR count). The Hall–Kier alpha value is -1.94. The van der Waals surface area contributed by atoms with Gasteiger partial charge in [0.15, 0.2) is 12.2 Å². The summed E-state index contributed by atoms with van der Waals surface area (Å²) >= 11 is 0. The Morgan fingerprint density at radius 3 is 0.894 bits per heavy atom. The Morgan fingerprint density at radius 1 is 0.341 bits per heavy atom. The van der Waals surface area contributed by atoms with Crippen molar-refractivity contribution in [1.82, 2.24) is 0 Å². The van der Waals surface area contributed by atoms with E-state index in [1.165, 1.54) is 141 Å². The average Bonchev–Trinajstić information content (AvgIpc) is 3.47. The highest BCUT2D eigenvalue weighted by molar-refractivity contribution is 7.47. The minimum Gasteiger partial charge on any atom is -0.462 e. The maximum absolute atomic E-state index is 13.0. The molecule has 19 heteroatoms. The first-order chi connectivity index (χ1) is 40.9. The molecular weight excluding hydrogens is 1130 g/mol. The predicted molar refractivity (Wildman–Crippen MR) is 340 cm³/mol. The van der Waals surface area contributed by atoms with Crippen molar-refractivity contribution in [3.8, 4) is 0 Å². The summed E-state index contributed by atoms with van der Waals surface area (Å²) in [6.07, 6.45) is 42.1. The van der Waals surface area contributed by atoms with E-state index in [2.05, 4.69) is 41.5 Å². The number of ether oxygens (including phenoxy) is 4. The summed E-state index contributed by atoms with van der Waals surface area (Å²) in [4.78, 5) is 72.0. The zero-order valence-electron chi connectivity index (χ0n) is 54.9. The Kier molecular flexibility index (Phi) is 57.1. The maximum atomic E-state index is 13.0. The first-order valence-electron chi connectivity index (χ1n) is 34.5. The van der Waals surface area contributed by atoms with Crippen LogP contribution in [-0.2, 0) is 65.4 Å². The van der Waals surface area contributed by atoms with Crippen LogP contribution in [0.5, 0.6) is 0 Å². The van der Waals surface area contributed by atoms with Gasteiger partial charge in [0.1, 0.15) is 19.3 Å². The van der Waals surface area contributed by atoms with Crippen LogP contribution in [-0.4, -0.2) is 96.7 Å². The van der Waals surface area contributed by atoms with Crippen LogP contribution in [0.1, 0.15) is 330 Å². The molecule has 0 aromatic heterocycles. The number of esters is 4. The average molecular weight is 1260 g/mol. The van der Waals surface area contributed by atoms with Gasteiger partial charge in [-0.05, 0) is 37.5 Å². The topological polar surface area (TPSA) is 237 Å². The lowest BCUT2D eigenvalue weighted by Gasteiger charge is -2.21. The molecule has 3 unspecified atom stereocenters. The van der Waals surface area contributed by atoms with Crippen LogP contribution in [0.2, 0.25) is 0 Å². The fourth-order valence-corrected chi connectivity index (χ4v) is 11.4. The molecule has 6 atom stereocenters. The van der Waals surface area contributed by atoms with Crippen LogP contribution < -0.4 is 0 Å². The van der Waals surface area contributed by atoms with Gasteiger partial charge >= 0.3 is 39.5 Å². The summed E-state index contributed by atoms with van der Waals surface area (Å²) in [6.45, 7) is 9.44. The molecule has 0 fully saturated rings. The van der Waals surface area contributed by atoms with Gasteiger partial charge in [-0.1, -0.05) is 279 Å². The zero-order chi connectivity index (χ0) is 62.9. The summed E-state index contributed by atoms with van der Waals surface area (Å²) in [5.74, 6) is -0.556. The molecule has 0 bridgehead atoms. The van der Waals surface area contributed by atoms with E-state index in [1.807, 2.05) is 0 Å². The standard InChI is InChI=1S/C66H128O17P2/c1-7-10-12-14-15-24-32-38-44-50-65(70)82-61(54-76-63(68)48-42-34-13-11-8-2)56-80-84(72,73)78-52-60(67)53-79-85(74,75)81-57-62(55-77-64(69)49-43-37-31-28-27-30-36-41-47-59(6)9-3)83-66(71)51-45-39-33-26-23-21-19-17-16-18-20-22-25-29-35-40-46-58(4)5/h58-62,67H,7-57H2,1-6H3,(H,72,73)(H,74,75)/t59?,60-,61+,62+/m0/s1. The molecular formula is C66H128O17P2. The molecule has 0 amide bonds. The monoisotopic (exact) mass is 1250 g/mol. The fraction of sp³-hybridized carbons (Fsp3) is 0.939. The van der Waals surface area contributed by atoms with E-state index in [0.29, 0.717) is 25.7 Å². The zero-order valence-corrected chi connectivity index (χ0v) is 56.7. The van der Waals surface area contributed by atoms with Crippen molar-refractivity contribution in [1.29, 1.82) is 0 Å². The number of unbranched alkanes of at least 4 members (excludes halogenated alkanes) is 34. The van der Waals surface area contributed by atoms with Crippen molar-refractivity contribution in [2.75, 3.05) is 39.6 Å². The highest BCUT2D eigenvalue weighted by Crippen LogP contribution is 2.45. The summed E-state index contributed by atoms with van der Waals surface area (Å²) in [7, 11) is -9.88. The Bertz CT molecular complexity index is 1670. The molecule has 17 nitrogen and oxygen atoms in total. The molecule has 0 aliphatic heterocycles. The van der Waals surface area contributed by atoms with Gasteiger partial charge in [0.05, 0.1) is 26.4 Å². The summed E-state index contributed by atoms with van der Waals surface area (Å²) in [5.41, 5.74) is 0. The Labute approximate surface area is 517 Å². The van der Waals surface area contributed by atoms with E-state index in [1.54, 1.807) is 0 Å². The number of aliphatic hydroxyl groups excluding tert-OH is 1. The molecule has 0 heterocycles. The molecule has 0 spiro atoms. The predicted octanol–water partition coefficient (Wildman–Crippen LogP) is 18.4. The second kappa shape index (κ2) is 58.4. The Morgan fingerprint density at radius 2 is 0.600 bits per heavy atom. The lowest BCUT2D eigenvalue weighted by Crippen LogP contribution is -2.30. The Balaban J connectivity index is 5.13. The van der Waals surface area contributed by atoms with Gasteiger partial charge in [-0.3, -0.25) is 37.3 Å². The van der Waals surface area contributed by atoms with Gasteiger partial charge in [0.25, 0.3) is 0 Å². The van der Waals surface area contributed by atoms with E-state index >= 15 is 0 Å². The number of phosphoric acid groups is 2. The number of rotatable bonds is 65. The van der Waals surface area contributed by atoms with Crippen LogP contribution in [0.4, 0.5) is 0 Å². The van der Waals surface area contributed by atoms with E-state index in [0.717, 1.165) is 108 Å². The summed E-state index contributed by atoms with van der Waals surface area (Å²) in [6, 6.07) is 0. The fourth-order valence-electron chi connectivity index (χ4n) is 9.85. The number of aliphatic hydroxyl groups is 1. The van der Waals surface area contributed by atoms with Gasteiger partial charge in [-0.15, -0.1) is 0 Å². The van der Waals surface area contributed by atoms with Gasteiger partial charge in [-0.2, -0.15) is 0 Å². The SMILES string of the molecule is CCCCCCCCCCCC(=O)O[C@H](COC(=O)CCCCCCC)COP(=O)(O)OC[C@H](O)COP(=O)(O)OC[C@@H](COC(=O)CCCCCCCCCCC(C)CC)OC(=O)CCCCCCCCCCCCCCCCCCC(C)C. The highest BCUT2D eigenvalue weighted by atomic mass is 31.2. The first-order valence-corrected chi connectivity index (χ1v) is 37.5. The van der Waals surface area contributed by atoms with Gasteiger partial charge in [0.2, 0.25) is 0 Å². The van der Waals surface area contributed by atoms with E-state index in [9.17, 15) is 43.2 Å². The van der Waals surface area contributed by atoms with Crippen LogP contribution in [0.15, 0.2) is 0 Å². The van der Waals surface area contributed by atoms with E-state index in [4.69, 9.17) is 37.0 Å². The molecule has 0 aliphatic rings. The molecule has 504 valence electrons. The first kappa shape index (κ1) is 83.1. The quantitative estimate of drug-likeness (QED) is 0.0222. The molecule has 0 aromatic rings. The third-order valence-corrected chi connectivity index (χ3v) is 17.5. The molecule has 85 heavy (non-hydrogen) atoms. The smallest absolute Gasteiger partial charge is 0.462 e. The number of phosphoric ester groups is 2. The number of hydrogen-bond donors (Lipinski definition) is 3. The summed E-state index contributed by atoms with van der Waals surface area (Å²) in [5, 5.41) is 10.5. The molecule has 0 saturated heterocycles. The maximum Gasteiger partial charge on any atom is 0.472 e. The van der Waals surface area contributed by atoms with Gasteiger partial charge < -0.3 is 33.8 Å². The van der Waals surface area contributed by atoms with Crippen molar-refractivity contribution >= 4 is 39.5 Å². The van der Waals surface area contributed by atoms with Crippen LogP contribution >= 0.6 is 15.6 Å². The molecule has 3 N–H and O–H groups in total. The minimum absolute atomic E-state index is 0.105. The second-order valence-electron chi connectivity index (χ2n) is 24.6. The van der Waals surface area contributed by atoms with Crippen molar-refractivity contribution in [2.45, 2.75) is 349 Å². The minimum atomic E-state index is -4.95. The third kappa shape index (κ3) is 59.5. The normalized spacial score (nSPS) is 14.6. The highest BCUT2D eigenvalue weighted by Gasteiger charge is 2.30. The van der Waals surface area contributed by atoms with Crippen LogP contribution in [0, 0.1) is 11.8 Å². The molecule has 0 aromatic carbocycles. The lowest BCUT2D eigenvalue weighted by atomic mass is 9.99. The third-order valence-electron chi connectivity index (χ3n) is 15.6. The van der Waals surface area contributed by atoms with Crippen LogP contribution in [0.3, 0.4) is 0 Å². The number of carbonyl (C=O) groups is 4. The van der Waals surface area contributed by atoms with Crippen molar-refractivity contribution < 1.29 is 80.2 Å². The lowest BCUT2D eigenvalue weighted by molar-refractivity contribution is -0.161.